The van der Waals surface area contributed by atoms with E-state index in [0.717, 1.165) is 0 Å². The van der Waals surface area contributed by atoms with Crippen molar-refractivity contribution in [3.63, 3.8) is 0 Å². The Labute approximate surface area is 75.9 Å². The van der Waals surface area contributed by atoms with E-state index < -0.39 is 5.97 Å². The Hall–Kier alpha value is -1.71. The van der Waals surface area contributed by atoms with Gasteiger partial charge in [0.15, 0.2) is 11.5 Å². The molecule has 0 unspecified atom stereocenters. The molecule has 0 heterocycles. The standard InChI is InChI=1S/C9H11NO3/c1-2-9(12)13-8-5-6(10)3-4-7(8)11/h3-5,11H,2,10H2,1H3. The SMILES string of the molecule is CCC(=O)Oc1cc(N)ccc1O. The normalized spacial score (nSPS) is 9.62. The molecule has 0 aromatic heterocycles. The molecule has 13 heavy (non-hydrogen) atoms. The number of phenols is 1. The molecular formula is C9H11NO3. The van der Waals surface area contributed by atoms with Crippen LogP contribution in [0.5, 0.6) is 11.5 Å². The molecule has 70 valence electrons. The number of nitrogen functional groups attached to an aromatic ring is 1. The predicted octanol–water partition coefficient (Wildman–Crippen LogP) is 1.29. The summed E-state index contributed by atoms with van der Waals surface area (Å²) in [5, 5.41) is 9.25. The lowest BCUT2D eigenvalue weighted by molar-refractivity contribution is -0.134. The fourth-order valence-corrected chi connectivity index (χ4v) is 0.807. The van der Waals surface area contributed by atoms with E-state index in [0.29, 0.717) is 5.69 Å². The van der Waals surface area contributed by atoms with Crippen LogP contribution < -0.4 is 10.5 Å². The molecule has 0 fully saturated rings. The molecule has 1 aromatic rings. The first-order valence-electron chi connectivity index (χ1n) is 3.92. The molecule has 0 radical (unpaired) electrons. The predicted molar refractivity (Wildman–Crippen MR) is 48.4 cm³/mol. The zero-order valence-corrected chi connectivity index (χ0v) is 7.28. The Kier molecular flexibility index (Phi) is 2.74. The molecule has 4 nitrogen and oxygen atoms in total. The maximum Gasteiger partial charge on any atom is 0.311 e. The van der Waals surface area contributed by atoms with Crippen molar-refractivity contribution in [3.05, 3.63) is 18.2 Å². The van der Waals surface area contributed by atoms with Gasteiger partial charge in [-0.05, 0) is 12.1 Å². The number of rotatable bonds is 2. The molecule has 0 aliphatic rings. The van der Waals surface area contributed by atoms with Crippen LogP contribution in [0.4, 0.5) is 5.69 Å². The number of carbonyl (C=O) groups is 1. The van der Waals surface area contributed by atoms with Crippen LogP contribution in [0.1, 0.15) is 13.3 Å². The second-order valence-corrected chi connectivity index (χ2v) is 2.55. The zero-order chi connectivity index (χ0) is 9.84. The summed E-state index contributed by atoms with van der Waals surface area (Å²) in [7, 11) is 0. The molecule has 0 bridgehead atoms. The molecule has 1 rings (SSSR count). The van der Waals surface area contributed by atoms with Gasteiger partial charge in [0.2, 0.25) is 0 Å². The van der Waals surface area contributed by atoms with E-state index >= 15 is 0 Å². The van der Waals surface area contributed by atoms with Gasteiger partial charge in [-0.3, -0.25) is 4.79 Å². The highest BCUT2D eigenvalue weighted by molar-refractivity contribution is 5.73. The minimum absolute atomic E-state index is 0.0870. The molecule has 1 aromatic carbocycles. The van der Waals surface area contributed by atoms with Gasteiger partial charge in [0, 0.05) is 18.2 Å². The molecule has 0 atom stereocenters. The maximum atomic E-state index is 10.9. The number of nitrogens with two attached hydrogens (primary N) is 1. The fraction of sp³-hybridized carbons (Fsp3) is 0.222. The maximum absolute atomic E-state index is 10.9. The third-order valence-electron chi connectivity index (χ3n) is 1.50. The molecule has 0 saturated carbocycles. The first-order valence-corrected chi connectivity index (χ1v) is 3.92. The number of hydrogen-bond acceptors (Lipinski definition) is 4. The van der Waals surface area contributed by atoms with Gasteiger partial charge < -0.3 is 15.6 Å². The first kappa shape index (κ1) is 9.38. The van der Waals surface area contributed by atoms with Gasteiger partial charge in [-0.15, -0.1) is 0 Å². The number of carbonyl (C=O) groups excluding carboxylic acids is 1. The summed E-state index contributed by atoms with van der Waals surface area (Å²) in [4.78, 5) is 10.9. The van der Waals surface area contributed by atoms with Crippen molar-refractivity contribution in [1.82, 2.24) is 0 Å². The number of anilines is 1. The van der Waals surface area contributed by atoms with Crippen molar-refractivity contribution in [1.29, 1.82) is 0 Å². The quantitative estimate of drug-likeness (QED) is 0.312. The van der Waals surface area contributed by atoms with Crippen molar-refractivity contribution in [2.24, 2.45) is 0 Å². The molecule has 3 N–H and O–H groups in total. The van der Waals surface area contributed by atoms with E-state index in [2.05, 4.69) is 0 Å². The van der Waals surface area contributed by atoms with Gasteiger partial charge in [0.25, 0.3) is 0 Å². The summed E-state index contributed by atoms with van der Waals surface area (Å²) >= 11 is 0. The highest BCUT2D eigenvalue weighted by Gasteiger charge is 2.06. The van der Waals surface area contributed by atoms with Crippen molar-refractivity contribution in [3.8, 4) is 11.5 Å². The minimum atomic E-state index is -0.402. The highest BCUT2D eigenvalue weighted by atomic mass is 16.5. The Morgan fingerprint density at radius 1 is 1.62 bits per heavy atom. The largest absolute Gasteiger partial charge is 0.504 e. The lowest BCUT2D eigenvalue weighted by Crippen LogP contribution is -2.05. The second kappa shape index (κ2) is 3.80. The second-order valence-electron chi connectivity index (χ2n) is 2.55. The summed E-state index contributed by atoms with van der Waals surface area (Å²) in [5.41, 5.74) is 5.88. The monoisotopic (exact) mass is 181 g/mol. The summed E-state index contributed by atoms with van der Waals surface area (Å²) in [5.74, 6) is -0.385. The molecule has 0 amide bonds. The summed E-state index contributed by atoms with van der Waals surface area (Å²) in [6.45, 7) is 1.67. The third kappa shape index (κ3) is 2.37. The van der Waals surface area contributed by atoms with E-state index in [9.17, 15) is 9.90 Å². The lowest BCUT2D eigenvalue weighted by atomic mass is 10.3. The molecule has 0 aliphatic heterocycles. The lowest BCUT2D eigenvalue weighted by Gasteiger charge is -2.05. The Morgan fingerprint density at radius 2 is 2.31 bits per heavy atom. The number of ether oxygens (including phenoxy) is 1. The first-order chi connectivity index (χ1) is 6.13. The van der Waals surface area contributed by atoms with Gasteiger partial charge >= 0.3 is 5.97 Å². The average molecular weight is 181 g/mol. The topological polar surface area (TPSA) is 72.5 Å². The number of aromatic hydroxyl groups is 1. The third-order valence-corrected chi connectivity index (χ3v) is 1.50. The smallest absolute Gasteiger partial charge is 0.311 e. The summed E-state index contributed by atoms with van der Waals surface area (Å²) < 4.78 is 4.81. The number of phenolic OH excluding ortho intramolecular Hbond substituents is 1. The molecular weight excluding hydrogens is 170 g/mol. The number of esters is 1. The Morgan fingerprint density at radius 3 is 2.92 bits per heavy atom. The van der Waals surface area contributed by atoms with Gasteiger partial charge in [0.1, 0.15) is 0 Å². The zero-order valence-electron chi connectivity index (χ0n) is 7.28. The van der Waals surface area contributed by atoms with Crippen LogP contribution in [0.2, 0.25) is 0 Å². The van der Waals surface area contributed by atoms with Crippen LogP contribution in [0.3, 0.4) is 0 Å². The van der Waals surface area contributed by atoms with Crippen LogP contribution >= 0.6 is 0 Å². The summed E-state index contributed by atoms with van der Waals surface area (Å²) in [6, 6.07) is 4.31. The van der Waals surface area contributed by atoms with Crippen LogP contribution in [-0.4, -0.2) is 11.1 Å². The highest BCUT2D eigenvalue weighted by Crippen LogP contribution is 2.27. The van der Waals surface area contributed by atoms with E-state index in [1.165, 1.54) is 18.2 Å². The van der Waals surface area contributed by atoms with E-state index in [1.54, 1.807) is 6.92 Å². The van der Waals surface area contributed by atoms with Crippen LogP contribution in [0.25, 0.3) is 0 Å². The van der Waals surface area contributed by atoms with Crippen molar-refractivity contribution >= 4 is 11.7 Å². The fourth-order valence-electron chi connectivity index (χ4n) is 0.807. The molecule has 0 aliphatic carbocycles. The van der Waals surface area contributed by atoms with E-state index in [4.69, 9.17) is 10.5 Å². The molecule has 0 saturated heterocycles. The Balaban J connectivity index is 2.87. The van der Waals surface area contributed by atoms with Crippen LogP contribution in [0.15, 0.2) is 18.2 Å². The van der Waals surface area contributed by atoms with Crippen molar-refractivity contribution in [2.45, 2.75) is 13.3 Å². The Bertz CT molecular complexity index is 323. The number of hydrogen-bond donors (Lipinski definition) is 2. The molecule has 0 spiro atoms. The average Bonchev–Trinajstić information content (AvgIpc) is 2.11. The van der Waals surface area contributed by atoms with Crippen molar-refractivity contribution in [2.75, 3.05) is 5.73 Å². The van der Waals surface area contributed by atoms with Gasteiger partial charge in [-0.2, -0.15) is 0 Å². The van der Waals surface area contributed by atoms with E-state index in [-0.39, 0.29) is 17.9 Å². The number of benzene rings is 1. The van der Waals surface area contributed by atoms with Crippen LogP contribution in [-0.2, 0) is 4.79 Å². The summed E-state index contributed by atoms with van der Waals surface area (Å²) in [6.07, 6.45) is 0.258. The minimum Gasteiger partial charge on any atom is -0.504 e. The van der Waals surface area contributed by atoms with Gasteiger partial charge in [-0.1, -0.05) is 6.92 Å². The molecule has 4 heteroatoms. The van der Waals surface area contributed by atoms with E-state index in [1.807, 2.05) is 0 Å². The van der Waals surface area contributed by atoms with Gasteiger partial charge in [-0.25, -0.2) is 0 Å². The van der Waals surface area contributed by atoms with Crippen molar-refractivity contribution < 1.29 is 14.6 Å². The van der Waals surface area contributed by atoms with Gasteiger partial charge in [0.05, 0.1) is 0 Å². The van der Waals surface area contributed by atoms with Crippen LogP contribution in [0, 0.1) is 0 Å².